The molecule has 0 bridgehead atoms. The van der Waals surface area contributed by atoms with Gasteiger partial charge in [-0.2, -0.15) is 0 Å². The number of aliphatic hydroxyl groups excluding tert-OH is 4. The van der Waals surface area contributed by atoms with E-state index in [1.807, 2.05) is 0 Å². The molecule has 0 saturated heterocycles. The van der Waals surface area contributed by atoms with Crippen LogP contribution in [-0.4, -0.2) is 78.6 Å². The Bertz CT molecular complexity index is 376. The predicted octanol–water partition coefficient (Wildman–Crippen LogP) is -2.93. The summed E-state index contributed by atoms with van der Waals surface area (Å²) >= 11 is 0. The smallest absolute Gasteiger partial charge is 0.332 e. The van der Waals surface area contributed by atoms with Crippen molar-refractivity contribution in [3.05, 3.63) is 11.1 Å². The van der Waals surface area contributed by atoms with Crippen molar-refractivity contribution in [2.45, 2.75) is 25.4 Å². The number of hydrogen-bond acceptors (Lipinski definition) is 8. The first-order chi connectivity index (χ1) is 10.1. The summed E-state index contributed by atoms with van der Waals surface area (Å²) in [6, 6.07) is 0. The fraction of sp³-hybridized carbons (Fsp3) is 0.667. The molecule has 0 aliphatic carbocycles. The number of aliphatic carboxylic acids is 2. The molecule has 0 aromatic carbocycles. The number of carboxylic acid groups (broad SMARTS) is 2. The van der Waals surface area contributed by atoms with E-state index in [0.29, 0.717) is 0 Å². The zero-order valence-electron chi connectivity index (χ0n) is 11.5. The highest BCUT2D eigenvalue weighted by Gasteiger charge is 2.29. The molecule has 8 N–H and O–H groups in total. The lowest BCUT2D eigenvalue weighted by Gasteiger charge is -2.20. The molecule has 0 aliphatic heterocycles. The van der Waals surface area contributed by atoms with E-state index in [0.717, 1.165) is 0 Å². The molecule has 0 radical (unpaired) electrons. The Morgan fingerprint density at radius 2 is 0.955 bits per heavy atom. The molecular formula is C12H20O10. The summed E-state index contributed by atoms with van der Waals surface area (Å²) in [6.45, 7) is -1.60. The van der Waals surface area contributed by atoms with Crippen molar-refractivity contribution in [3.63, 3.8) is 0 Å². The molecule has 0 aromatic rings. The highest BCUT2D eigenvalue weighted by atomic mass is 16.5. The summed E-state index contributed by atoms with van der Waals surface area (Å²) in [6.07, 6.45) is -5.45. The molecule has 0 aliphatic rings. The minimum atomic E-state index is -2.06. The van der Waals surface area contributed by atoms with E-state index in [4.69, 9.17) is 40.9 Å². The van der Waals surface area contributed by atoms with E-state index in [1.165, 1.54) is 0 Å². The van der Waals surface area contributed by atoms with Crippen molar-refractivity contribution in [1.29, 1.82) is 0 Å². The molecule has 0 amide bonds. The molecule has 0 spiro atoms. The molecule has 0 heterocycles. The monoisotopic (exact) mass is 324 g/mol. The molecular weight excluding hydrogens is 304 g/mol. The van der Waals surface area contributed by atoms with E-state index in [9.17, 15) is 9.59 Å². The van der Waals surface area contributed by atoms with Gasteiger partial charge in [-0.25, -0.2) is 9.59 Å². The molecule has 10 nitrogen and oxygen atoms in total. The number of rotatable bonds is 10. The molecule has 0 fully saturated rings. The van der Waals surface area contributed by atoms with Crippen molar-refractivity contribution in [2.75, 3.05) is 13.2 Å². The van der Waals surface area contributed by atoms with Crippen molar-refractivity contribution < 1.29 is 50.4 Å². The van der Waals surface area contributed by atoms with Crippen molar-refractivity contribution in [3.8, 4) is 0 Å². The van der Waals surface area contributed by atoms with Gasteiger partial charge >= 0.3 is 11.9 Å². The lowest BCUT2D eigenvalue weighted by molar-refractivity contribution is -0.138. The third-order valence-electron chi connectivity index (χ3n) is 3.13. The average Bonchev–Trinajstić information content (AvgIpc) is 2.40. The molecule has 10 heteroatoms. The van der Waals surface area contributed by atoms with Gasteiger partial charge in [-0.15, -0.1) is 0 Å². The largest absolute Gasteiger partial charge is 0.478 e. The van der Waals surface area contributed by atoms with Gasteiger partial charge in [-0.3, -0.25) is 0 Å². The molecule has 22 heavy (non-hydrogen) atoms. The van der Waals surface area contributed by atoms with E-state index in [1.54, 1.807) is 0 Å². The standard InChI is InChI=1S/C12H20O10/c13-3-5(9(15)16)1-7(11(19)20)8(12(21)22)2-6(4-14)10(17)18/h5-6,9-10,13-18H,1-4H2,(H,19,20)(H,21,22). The van der Waals surface area contributed by atoms with Crippen LogP contribution in [0.3, 0.4) is 0 Å². The maximum absolute atomic E-state index is 11.2. The van der Waals surface area contributed by atoms with E-state index < -0.39 is 73.6 Å². The van der Waals surface area contributed by atoms with Gasteiger partial charge in [0.2, 0.25) is 0 Å². The van der Waals surface area contributed by atoms with Gasteiger partial charge in [0.1, 0.15) is 0 Å². The highest BCUT2D eigenvalue weighted by molar-refractivity contribution is 5.98. The Kier molecular flexibility index (Phi) is 8.79. The summed E-state index contributed by atoms with van der Waals surface area (Å²) in [4.78, 5) is 22.4. The van der Waals surface area contributed by atoms with Crippen LogP contribution in [0, 0.1) is 11.8 Å². The zero-order valence-corrected chi connectivity index (χ0v) is 11.5. The van der Waals surface area contributed by atoms with Crippen molar-refractivity contribution in [1.82, 2.24) is 0 Å². The second-order valence-electron chi connectivity index (χ2n) is 4.69. The Labute approximate surface area is 125 Å². The first-order valence-corrected chi connectivity index (χ1v) is 6.28. The second-order valence-corrected chi connectivity index (χ2v) is 4.69. The fourth-order valence-electron chi connectivity index (χ4n) is 1.73. The molecule has 0 saturated carbocycles. The summed E-state index contributed by atoms with van der Waals surface area (Å²) in [7, 11) is 0. The summed E-state index contributed by atoms with van der Waals surface area (Å²) in [5, 5.41) is 72.1. The van der Waals surface area contributed by atoms with Crippen LogP contribution >= 0.6 is 0 Å². The van der Waals surface area contributed by atoms with E-state index >= 15 is 0 Å². The van der Waals surface area contributed by atoms with Crippen LogP contribution in [0.25, 0.3) is 0 Å². The maximum Gasteiger partial charge on any atom is 0.332 e. The third-order valence-corrected chi connectivity index (χ3v) is 3.13. The van der Waals surface area contributed by atoms with Crippen molar-refractivity contribution >= 4 is 11.9 Å². The van der Waals surface area contributed by atoms with E-state index in [-0.39, 0.29) is 0 Å². The molecule has 0 rings (SSSR count). The SMILES string of the molecule is O=C(O)C(CC(CO)C(O)O)=C(CC(CO)C(O)O)C(=O)O. The summed E-state index contributed by atoms with van der Waals surface area (Å²) in [5.41, 5.74) is -1.45. The maximum atomic E-state index is 11.2. The van der Waals surface area contributed by atoms with E-state index in [2.05, 4.69) is 0 Å². The molecule has 2 atom stereocenters. The van der Waals surface area contributed by atoms with Crippen LogP contribution in [0.2, 0.25) is 0 Å². The topological polar surface area (TPSA) is 196 Å². The van der Waals surface area contributed by atoms with Crippen LogP contribution in [-0.2, 0) is 9.59 Å². The van der Waals surface area contributed by atoms with Crippen LogP contribution < -0.4 is 0 Å². The number of aliphatic hydroxyl groups is 6. The lowest BCUT2D eigenvalue weighted by Crippen LogP contribution is -2.28. The minimum Gasteiger partial charge on any atom is -0.478 e. The lowest BCUT2D eigenvalue weighted by atomic mass is 9.90. The van der Waals surface area contributed by atoms with Gasteiger partial charge < -0.3 is 40.9 Å². The Hall–Kier alpha value is -1.56. The molecule has 2 unspecified atom stereocenters. The minimum absolute atomic E-state index is 0.662. The number of hydrogen-bond donors (Lipinski definition) is 8. The molecule has 0 aromatic heterocycles. The summed E-state index contributed by atoms with van der Waals surface area (Å²) in [5.74, 6) is -5.99. The summed E-state index contributed by atoms with van der Waals surface area (Å²) < 4.78 is 0. The van der Waals surface area contributed by atoms with Gasteiger partial charge in [0.05, 0.1) is 13.2 Å². The van der Waals surface area contributed by atoms with Gasteiger partial charge in [0.15, 0.2) is 12.6 Å². The fourth-order valence-corrected chi connectivity index (χ4v) is 1.73. The van der Waals surface area contributed by atoms with Gasteiger partial charge in [0, 0.05) is 23.0 Å². The molecule has 128 valence electrons. The first-order valence-electron chi connectivity index (χ1n) is 6.28. The van der Waals surface area contributed by atoms with Gasteiger partial charge in [-0.05, 0) is 12.8 Å². The van der Waals surface area contributed by atoms with Crippen LogP contribution in [0.1, 0.15) is 12.8 Å². The normalized spacial score (nSPS) is 15.6. The first kappa shape index (κ1) is 20.4. The van der Waals surface area contributed by atoms with Gasteiger partial charge in [0.25, 0.3) is 0 Å². The average molecular weight is 324 g/mol. The highest BCUT2D eigenvalue weighted by Crippen LogP contribution is 2.24. The Balaban J connectivity index is 5.65. The predicted molar refractivity (Wildman–Crippen MR) is 69.1 cm³/mol. The second kappa shape index (κ2) is 9.46. The zero-order chi connectivity index (χ0) is 17.4. The number of carbonyl (C=O) groups is 2. The van der Waals surface area contributed by atoms with Crippen molar-refractivity contribution in [2.24, 2.45) is 11.8 Å². The number of carboxylic acids is 2. The third kappa shape index (κ3) is 6.05. The quantitative estimate of drug-likeness (QED) is 0.152. The van der Waals surface area contributed by atoms with Crippen LogP contribution in [0.15, 0.2) is 11.1 Å². The van der Waals surface area contributed by atoms with Crippen LogP contribution in [0.4, 0.5) is 0 Å². The van der Waals surface area contributed by atoms with Crippen LogP contribution in [0.5, 0.6) is 0 Å². The van der Waals surface area contributed by atoms with Gasteiger partial charge in [-0.1, -0.05) is 0 Å². The Morgan fingerprint density at radius 3 is 1.09 bits per heavy atom. The Morgan fingerprint density at radius 1 is 0.682 bits per heavy atom.